The van der Waals surface area contributed by atoms with Crippen molar-refractivity contribution in [2.24, 2.45) is 0 Å². The number of benzene rings is 1. The number of para-hydroxylation sites is 1. The number of pyridine rings is 1. The van der Waals surface area contributed by atoms with Crippen molar-refractivity contribution in [2.45, 2.75) is 17.2 Å². The van der Waals surface area contributed by atoms with Crippen molar-refractivity contribution in [3.8, 4) is 6.07 Å². The van der Waals surface area contributed by atoms with E-state index in [4.69, 9.17) is 5.26 Å². The van der Waals surface area contributed by atoms with Crippen LogP contribution in [0.2, 0.25) is 0 Å². The smallest absolute Gasteiger partial charge is 0.288 e. The van der Waals surface area contributed by atoms with Crippen molar-refractivity contribution in [2.75, 3.05) is 5.32 Å². The summed E-state index contributed by atoms with van der Waals surface area (Å²) < 4.78 is 24.9. The van der Waals surface area contributed by atoms with Crippen molar-refractivity contribution < 1.29 is 8.78 Å². The fourth-order valence-electron chi connectivity index (χ4n) is 1.65. The van der Waals surface area contributed by atoms with Crippen LogP contribution in [0.25, 0.3) is 0 Å². The lowest BCUT2D eigenvalue weighted by atomic mass is 10.2. The molecular weight excluding hydrogens is 280 g/mol. The number of nitriles is 1. The molecule has 2 rings (SSSR count). The summed E-state index contributed by atoms with van der Waals surface area (Å²) in [4.78, 5) is 4.37. The lowest BCUT2D eigenvalue weighted by molar-refractivity contribution is 0.252. The highest BCUT2D eigenvalue weighted by atomic mass is 32.2. The lowest BCUT2D eigenvalue weighted by Crippen LogP contribution is -2.01. The van der Waals surface area contributed by atoms with E-state index in [0.29, 0.717) is 34.6 Å². The molecule has 0 aliphatic carbocycles. The molecule has 0 aliphatic heterocycles. The molecule has 3 nitrogen and oxygen atoms in total. The minimum atomic E-state index is -2.45. The largest absolute Gasteiger partial charge is 0.380 e. The Morgan fingerprint density at radius 3 is 2.85 bits per heavy atom. The Morgan fingerprint density at radius 2 is 2.10 bits per heavy atom. The van der Waals surface area contributed by atoms with E-state index in [1.807, 2.05) is 6.07 Å². The molecule has 1 aromatic heterocycles. The molecule has 0 atom stereocenters. The van der Waals surface area contributed by atoms with Gasteiger partial charge in [0, 0.05) is 23.3 Å². The molecule has 0 amide bonds. The molecule has 0 spiro atoms. The summed E-state index contributed by atoms with van der Waals surface area (Å²) in [5, 5.41) is 11.9. The summed E-state index contributed by atoms with van der Waals surface area (Å²) in [6.07, 6.45) is 1.55. The van der Waals surface area contributed by atoms with Gasteiger partial charge in [0.05, 0.1) is 0 Å². The lowest BCUT2D eigenvalue weighted by Gasteiger charge is -2.11. The maximum Gasteiger partial charge on any atom is 0.288 e. The first-order valence-electron chi connectivity index (χ1n) is 5.82. The van der Waals surface area contributed by atoms with Gasteiger partial charge in [-0.05, 0) is 29.8 Å². The Labute approximate surface area is 119 Å². The fourth-order valence-corrected chi connectivity index (χ4v) is 2.27. The number of halogens is 2. The van der Waals surface area contributed by atoms with Gasteiger partial charge in [-0.15, -0.1) is 0 Å². The standard InChI is InChI=1S/C14H11F2N3S/c15-14(16)20-13-4-2-1-3-12(13)19-9-10-5-6-18-11(7-10)8-17/h1-7,14,19H,9H2. The number of aromatic nitrogens is 1. The van der Waals surface area contributed by atoms with Gasteiger partial charge in [0.25, 0.3) is 5.76 Å². The summed E-state index contributed by atoms with van der Waals surface area (Å²) in [6, 6.07) is 12.3. The highest BCUT2D eigenvalue weighted by Crippen LogP contribution is 2.31. The third-order valence-corrected chi connectivity index (χ3v) is 3.31. The molecule has 20 heavy (non-hydrogen) atoms. The monoisotopic (exact) mass is 291 g/mol. The number of hydrogen-bond acceptors (Lipinski definition) is 4. The van der Waals surface area contributed by atoms with E-state index in [-0.39, 0.29) is 0 Å². The number of alkyl halides is 2. The van der Waals surface area contributed by atoms with Crippen LogP contribution >= 0.6 is 11.8 Å². The maximum absolute atomic E-state index is 12.5. The molecule has 1 N–H and O–H groups in total. The van der Waals surface area contributed by atoms with Gasteiger partial charge in [-0.1, -0.05) is 23.9 Å². The molecule has 1 aromatic carbocycles. The fraction of sp³-hybridized carbons (Fsp3) is 0.143. The Balaban J connectivity index is 2.09. The number of thioether (sulfide) groups is 1. The van der Waals surface area contributed by atoms with Gasteiger partial charge < -0.3 is 5.32 Å². The normalized spacial score (nSPS) is 10.3. The Morgan fingerprint density at radius 1 is 1.30 bits per heavy atom. The van der Waals surface area contributed by atoms with Gasteiger partial charge in [0.2, 0.25) is 0 Å². The van der Waals surface area contributed by atoms with Crippen LogP contribution in [0.3, 0.4) is 0 Å². The van der Waals surface area contributed by atoms with Crippen LogP contribution in [-0.4, -0.2) is 10.7 Å². The van der Waals surface area contributed by atoms with Gasteiger partial charge in [-0.2, -0.15) is 14.0 Å². The van der Waals surface area contributed by atoms with E-state index in [0.717, 1.165) is 5.56 Å². The van der Waals surface area contributed by atoms with Crippen LogP contribution in [-0.2, 0) is 6.54 Å². The summed E-state index contributed by atoms with van der Waals surface area (Å²) in [5.74, 6) is -2.45. The molecule has 0 fully saturated rings. The minimum absolute atomic E-state index is 0.333. The number of nitrogens with one attached hydrogen (secondary N) is 1. The number of nitrogens with zero attached hydrogens (tertiary/aromatic N) is 2. The summed E-state index contributed by atoms with van der Waals surface area (Å²) in [5.41, 5.74) is 1.85. The topological polar surface area (TPSA) is 48.7 Å². The third-order valence-electron chi connectivity index (χ3n) is 2.52. The van der Waals surface area contributed by atoms with Gasteiger partial charge in [-0.3, -0.25) is 0 Å². The first kappa shape index (κ1) is 14.3. The summed E-state index contributed by atoms with van der Waals surface area (Å²) in [6.45, 7) is 0.442. The van der Waals surface area contributed by atoms with E-state index in [1.54, 1.807) is 42.6 Å². The predicted octanol–water partition coefficient (Wildman–Crippen LogP) is 3.88. The molecule has 0 saturated heterocycles. The van der Waals surface area contributed by atoms with Crippen molar-refractivity contribution in [3.63, 3.8) is 0 Å². The van der Waals surface area contributed by atoms with Crippen molar-refractivity contribution >= 4 is 17.4 Å². The summed E-state index contributed by atoms with van der Waals surface area (Å²) in [7, 11) is 0. The molecule has 0 bridgehead atoms. The highest BCUT2D eigenvalue weighted by Gasteiger charge is 2.09. The summed E-state index contributed by atoms with van der Waals surface area (Å²) >= 11 is 0.507. The maximum atomic E-state index is 12.5. The molecule has 102 valence electrons. The molecule has 6 heteroatoms. The predicted molar refractivity (Wildman–Crippen MR) is 74.6 cm³/mol. The van der Waals surface area contributed by atoms with E-state index in [1.165, 1.54) is 0 Å². The zero-order chi connectivity index (χ0) is 14.4. The zero-order valence-corrected chi connectivity index (χ0v) is 11.2. The molecule has 0 unspecified atom stereocenters. The van der Waals surface area contributed by atoms with Gasteiger partial charge in [-0.25, -0.2) is 4.98 Å². The van der Waals surface area contributed by atoms with Crippen molar-refractivity contribution in [1.29, 1.82) is 5.26 Å². The first-order chi connectivity index (χ1) is 9.69. The van der Waals surface area contributed by atoms with Gasteiger partial charge in [0.15, 0.2) is 0 Å². The van der Waals surface area contributed by atoms with E-state index in [9.17, 15) is 8.78 Å². The minimum Gasteiger partial charge on any atom is -0.380 e. The van der Waals surface area contributed by atoms with Crippen LogP contribution in [0.15, 0.2) is 47.5 Å². The van der Waals surface area contributed by atoms with Crippen LogP contribution in [0.4, 0.5) is 14.5 Å². The molecule has 2 aromatic rings. The van der Waals surface area contributed by atoms with E-state index in [2.05, 4.69) is 10.3 Å². The molecule has 0 aliphatic rings. The molecular formula is C14H11F2N3S. The SMILES string of the molecule is N#Cc1cc(CNc2ccccc2SC(F)F)ccn1. The Hall–Kier alpha value is -2.13. The van der Waals surface area contributed by atoms with Gasteiger partial charge >= 0.3 is 0 Å². The van der Waals surface area contributed by atoms with Crippen LogP contribution in [0.1, 0.15) is 11.3 Å². The first-order valence-corrected chi connectivity index (χ1v) is 6.70. The van der Waals surface area contributed by atoms with E-state index < -0.39 is 5.76 Å². The second-order valence-electron chi connectivity index (χ2n) is 3.89. The second-order valence-corrected chi connectivity index (χ2v) is 4.92. The third kappa shape index (κ3) is 3.93. The van der Waals surface area contributed by atoms with Crippen LogP contribution in [0, 0.1) is 11.3 Å². The van der Waals surface area contributed by atoms with Crippen LogP contribution in [0.5, 0.6) is 0 Å². The molecule has 1 heterocycles. The average molecular weight is 291 g/mol. The average Bonchev–Trinajstić information content (AvgIpc) is 2.46. The quantitative estimate of drug-likeness (QED) is 0.849. The van der Waals surface area contributed by atoms with E-state index >= 15 is 0 Å². The zero-order valence-electron chi connectivity index (χ0n) is 10.4. The Bertz CT molecular complexity index is 626. The Kier molecular flexibility index (Phi) is 4.91. The second kappa shape index (κ2) is 6.87. The van der Waals surface area contributed by atoms with Crippen molar-refractivity contribution in [1.82, 2.24) is 4.98 Å². The number of anilines is 1. The molecule has 0 saturated carbocycles. The molecule has 0 radical (unpaired) electrons. The number of rotatable bonds is 5. The van der Waals surface area contributed by atoms with Crippen LogP contribution < -0.4 is 5.32 Å². The van der Waals surface area contributed by atoms with Gasteiger partial charge in [0.1, 0.15) is 11.8 Å². The van der Waals surface area contributed by atoms with Crippen molar-refractivity contribution in [3.05, 3.63) is 53.9 Å². The number of hydrogen-bond donors (Lipinski definition) is 1. The highest BCUT2D eigenvalue weighted by molar-refractivity contribution is 7.99.